The molecule has 4 rings (SSSR count). The van der Waals surface area contributed by atoms with E-state index in [0.717, 1.165) is 4.90 Å². The summed E-state index contributed by atoms with van der Waals surface area (Å²) in [5.41, 5.74) is -3.71. The lowest BCUT2D eigenvalue weighted by atomic mass is 10.0. The number of rotatable bonds is 5. The fraction of sp³-hybridized carbons (Fsp3) is 0.550. The first-order chi connectivity index (χ1) is 14.9. The maximum absolute atomic E-state index is 13.6. The van der Waals surface area contributed by atoms with Crippen LogP contribution in [0.3, 0.4) is 0 Å². The number of nitriles is 1. The number of benzene rings is 1. The topological polar surface area (TPSA) is 107 Å². The van der Waals surface area contributed by atoms with E-state index in [1.165, 1.54) is 24.3 Å². The lowest BCUT2D eigenvalue weighted by Crippen LogP contribution is -2.53. The Balaban J connectivity index is 1.67. The molecular formula is C20H19ClF3N3O4S. The minimum atomic E-state index is -4.81. The number of carbonyl (C=O) groups is 2. The van der Waals surface area contributed by atoms with Crippen LogP contribution in [0.2, 0.25) is 5.02 Å². The third-order valence-electron chi connectivity index (χ3n) is 6.44. The molecule has 2 atom stereocenters. The van der Waals surface area contributed by atoms with Crippen LogP contribution in [0.5, 0.6) is 0 Å². The summed E-state index contributed by atoms with van der Waals surface area (Å²) in [6, 6.07) is 6.12. The molecule has 1 heterocycles. The molecule has 172 valence electrons. The number of nitrogens with one attached hydrogen (secondary N) is 1. The number of likely N-dealkylation sites (tertiary alicyclic amines) is 1. The standard InChI is InChI=1S/C20H19ClF3N3O4S/c21-13-3-1-2-4-15(13)32(30,31)12-9-14(16(28)26-18(11-25)5-6-18)27(10-12)17(29)19(7-8-19)20(22,23)24/h1-4,12,14H,5-10H2,(H,26,28). The average Bonchev–Trinajstić information content (AvgIpc) is 3.64. The third-order valence-corrected chi connectivity index (χ3v) is 9.07. The van der Waals surface area contributed by atoms with Gasteiger partial charge in [0.15, 0.2) is 9.84 Å². The van der Waals surface area contributed by atoms with Crippen molar-refractivity contribution in [2.45, 2.75) is 60.0 Å². The molecule has 7 nitrogen and oxygen atoms in total. The van der Waals surface area contributed by atoms with E-state index in [9.17, 15) is 36.4 Å². The van der Waals surface area contributed by atoms with Crippen molar-refractivity contribution in [2.24, 2.45) is 5.41 Å². The lowest BCUT2D eigenvalue weighted by molar-refractivity contribution is -0.199. The van der Waals surface area contributed by atoms with Crippen LogP contribution < -0.4 is 5.32 Å². The highest BCUT2D eigenvalue weighted by Gasteiger charge is 2.70. The normalized spacial score (nSPS) is 25.7. The van der Waals surface area contributed by atoms with Gasteiger partial charge in [-0.05, 0) is 44.2 Å². The van der Waals surface area contributed by atoms with Crippen molar-refractivity contribution in [1.82, 2.24) is 10.2 Å². The summed E-state index contributed by atoms with van der Waals surface area (Å²) in [6.07, 6.45) is -5.27. The van der Waals surface area contributed by atoms with Crippen molar-refractivity contribution in [3.8, 4) is 6.07 Å². The number of halogens is 4. The Morgan fingerprint density at radius 1 is 1.19 bits per heavy atom. The number of nitrogens with zero attached hydrogens (tertiary/aromatic N) is 2. The Hall–Kier alpha value is -2.32. The summed E-state index contributed by atoms with van der Waals surface area (Å²) in [5.74, 6) is -2.13. The van der Waals surface area contributed by atoms with E-state index in [-0.39, 0.29) is 16.3 Å². The Labute approximate surface area is 187 Å². The highest BCUT2D eigenvalue weighted by atomic mass is 35.5. The molecule has 0 spiro atoms. The number of sulfone groups is 1. The molecule has 0 aromatic heterocycles. The summed E-state index contributed by atoms with van der Waals surface area (Å²) >= 11 is 6.02. The third kappa shape index (κ3) is 3.63. The first-order valence-corrected chi connectivity index (χ1v) is 11.9. The SMILES string of the molecule is N#CC1(NC(=O)C2CC(S(=O)(=O)c3ccccc3Cl)CN2C(=O)C2(C(F)(F)F)CC2)CC1. The summed E-state index contributed by atoms with van der Waals surface area (Å²) in [4.78, 5) is 26.4. The van der Waals surface area contributed by atoms with E-state index in [1.807, 2.05) is 6.07 Å². The highest BCUT2D eigenvalue weighted by Crippen LogP contribution is 2.59. The average molecular weight is 490 g/mol. The minimum absolute atomic E-state index is 0.0614. The Morgan fingerprint density at radius 3 is 2.31 bits per heavy atom. The maximum atomic E-state index is 13.6. The number of carbonyl (C=O) groups excluding carboxylic acids is 2. The van der Waals surface area contributed by atoms with Gasteiger partial charge < -0.3 is 10.2 Å². The van der Waals surface area contributed by atoms with E-state index in [1.54, 1.807) is 0 Å². The predicted molar refractivity (Wildman–Crippen MR) is 106 cm³/mol. The molecule has 12 heteroatoms. The van der Waals surface area contributed by atoms with Crippen LogP contribution in [0.15, 0.2) is 29.2 Å². The fourth-order valence-corrected chi connectivity index (χ4v) is 6.30. The molecule has 1 aromatic carbocycles. The molecule has 0 bridgehead atoms. The second-order valence-electron chi connectivity index (χ2n) is 8.57. The van der Waals surface area contributed by atoms with Gasteiger partial charge in [0.2, 0.25) is 11.8 Å². The smallest absolute Gasteiger partial charge is 0.336 e. The quantitative estimate of drug-likeness (QED) is 0.684. The molecule has 2 unspecified atom stereocenters. The van der Waals surface area contributed by atoms with Gasteiger partial charge in [-0.1, -0.05) is 23.7 Å². The van der Waals surface area contributed by atoms with Gasteiger partial charge >= 0.3 is 6.18 Å². The van der Waals surface area contributed by atoms with Crippen LogP contribution in [0.25, 0.3) is 0 Å². The molecule has 2 aliphatic carbocycles. The van der Waals surface area contributed by atoms with Crippen molar-refractivity contribution in [3.63, 3.8) is 0 Å². The summed E-state index contributed by atoms with van der Waals surface area (Å²) in [6.45, 7) is -0.568. The zero-order chi connectivity index (χ0) is 23.5. The minimum Gasteiger partial charge on any atom is -0.336 e. The van der Waals surface area contributed by atoms with Crippen LogP contribution >= 0.6 is 11.6 Å². The van der Waals surface area contributed by atoms with Gasteiger partial charge in [0, 0.05) is 6.54 Å². The Morgan fingerprint density at radius 2 is 1.81 bits per heavy atom. The molecular weight excluding hydrogens is 471 g/mol. The molecule has 1 N–H and O–H groups in total. The van der Waals surface area contributed by atoms with E-state index in [0.29, 0.717) is 12.8 Å². The van der Waals surface area contributed by atoms with Gasteiger partial charge in [-0.3, -0.25) is 9.59 Å². The van der Waals surface area contributed by atoms with Crippen molar-refractivity contribution < 1.29 is 31.2 Å². The van der Waals surface area contributed by atoms with Crippen LogP contribution in [0.4, 0.5) is 13.2 Å². The first kappa shape index (κ1) is 22.9. The molecule has 1 aliphatic heterocycles. The molecule has 32 heavy (non-hydrogen) atoms. The van der Waals surface area contributed by atoms with Crippen molar-refractivity contribution in [2.75, 3.05) is 6.54 Å². The summed E-state index contributed by atoms with van der Waals surface area (Å²) in [5, 5.41) is 10.3. The number of alkyl halides is 3. The molecule has 0 radical (unpaired) electrons. The van der Waals surface area contributed by atoms with Crippen molar-refractivity contribution >= 4 is 33.3 Å². The monoisotopic (exact) mass is 489 g/mol. The Kier molecular flexibility index (Phi) is 5.25. The second kappa shape index (κ2) is 7.35. The van der Waals surface area contributed by atoms with Gasteiger partial charge in [0.1, 0.15) is 17.0 Å². The van der Waals surface area contributed by atoms with Crippen LogP contribution in [-0.4, -0.2) is 54.7 Å². The summed E-state index contributed by atoms with van der Waals surface area (Å²) < 4.78 is 67.1. The predicted octanol–water partition coefficient (Wildman–Crippen LogP) is 2.60. The van der Waals surface area contributed by atoms with Gasteiger partial charge in [-0.25, -0.2) is 8.42 Å². The molecule has 2 saturated carbocycles. The number of hydrogen-bond donors (Lipinski definition) is 1. The van der Waals surface area contributed by atoms with Gasteiger partial charge in [0.05, 0.1) is 21.2 Å². The molecule has 3 aliphatic rings. The van der Waals surface area contributed by atoms with E-state index in [2.05, 4.69) is 5.32 Å². The van der Waals surface area contributed by atoms with Gasteiger partial charge in [0.25, 0.3) is 0 Å². The van der Waals surface area contributed by atoms with Gasteiger partial charge in [-0.2, -0.15) is 18.4 Å². The zero-order valence-electron chi connectivity index (χ0n) is 16.7. The van der Waals surface area contributed by atoms with E-state index in [4.69, 9.17) is 11.6 Å². The second-order valence-corrected chi connectivity index (χ2v) is 11.2. The van der Waals surface area contributed by atoms with Crippen LogP contribution in [0.1, 0.15) is 32.1 Å². The zero-order valence-corrected chi connectivity index (χ0v) is 18.2. The van der Waals surface area contributed by atoms with Crippen LogP contribution in [-0.2, 0) is 19.4 Å². The molecule has 2 amide bonds. The first-order valence-electron chi connectivity index (χ1n) is 9.96. The van der Waals surface area contributed by atoms with E-state index < -0.39 is 69.5 Å². The van der Waals surface area contributed by atoms with Crippen molar-refractivity contribution in [1.29, 1.82) is 5.26 Å². The Bertz CT molecular complexity index is 1120. The molecule has 1 aromatic rings. The highest BCUT2D eigenvalue weighted by molar-refractivity contribution is 7.92. The van der Waals surface area contributed by atoms with Gasteiger partial charge in [-0.15, -0.1) is 0 Å². The lowest BCUT2D eigenvalue weighted by Gasteiger charge is -2.29. The van der Waals surface area contributed by atoms with Crippen LogP contribution in [0, 0.1) is 16.7 Å². The summed E-state index contributed by atoms with van der Waals surface area (Å²) in [7, 11) is -4.15. The number of amides is 2. The maximum Gasteiger partial charge on any atom is 0.403 e. The largest absolute Gasteiger partial charge is 0.403 e. The van der Waals surface area contributed by atoms with E-state index >= 15 is 0 Å². The number of hydrogen-bond acceptors (Lipinski definition) is 5. The molecule has 3 fully saturated rings. The van der Waals surface area contributed by atoms with Crippen molar-refractivity contribution in [3.05, 3.63) is 29.3 Å². The molecule has 1 saturated heterocycles. The fourth-order valence-electron chi connectivity index (χ4n) is 4.08.